The first-order valence-corrected chi connectivity index (χ1v) is 13.5. The first kappa shape index (κ1) is 25.7. The molecule has 190 valence electrons. The van der Waals surface area contributed by atoms with Crippen molar-refractivity contribution in [1.29, 1.82) is 0 Å². The molecule has 1 saturated heterocycles. The second kappa shape index (κ2) is 11.1. The van der Waals surface area contributed by atoms with Crippen molar-refractivity contribution >= 4 is 58.7 Å². The van der Waals surface area contributed by atoms with Gasteiger partial charge in [-0.2, -0.15) is 0 Å². The van der Waals surface area contributed by atoms with Crippen molar-refractivity contribution in [2.45, 2.75) is 22.6 Å². The summed E-state index contributed by atoms with van der Waals surface area (Å²) < 4.78 is 1.47. The zero-order valence-electron chi connectivity index (χ0n) is 18.9. The Balaban J connectivity index is 1.46. The normalized spacial score (nSPS) is 19.7. The number of aromatic nitrogens is 4. The summed E-state index contributed by atoms with van der Waals surface area (Å²) in [5, 5.41) is 30.6. The van der Waals surface area contributed by atoms with Crippen LogP contribution in [0.1, 0.15) is 10.9 Å². The van der Waals surface area contributed by atoms with Crippen LogP contribution in [0.2, 0.25) is 0 Å². The molecule has 0 aliphatic carbocycles. The molecule has 4 rings (SSSR count). The number of carboxylic acid groups (broad SMARTS) is 1. The number of amides is 4. The Morgan fingerprint density at radius 1 is 1.42 bits per heavy atom. The topological polar surface area (TPSA) is 171 Å². The molecule has 13 nitrogen and oxygen atoms in total. The van der Waals surface area contributed by atoms with Crippen LogP contribution in [0.4, 0.5) is 4.79 Å². The van der Waals surface area contributed by atoms with Crippen molar-refractivity contribution in [3.05, 3.63) is 46.3 Å². The predicted molar refractivity (Wildman–Crippen MR) is 133 cm³/mol. The number of hydrogen-bond acceptors (Lipinski definition) is 10. The van der Waals surface area contributed by atoms with E-state index in [1.165, 1.54) is 50.5 Å². The fourth-order valence-corrected chi connectivity index (χ4v) is 6.70. The highest BCUT2D eigenvalue weighted by atomic mass is 32.2. The quantitative estimate of drug-likeness (QED) is 0.184. The van der Waals surface area contributed by atoms with Gasteiger partial charge in [-0.25, -0.2) is 14.3 Å². The number of fused-ring (bicyclic) bond motifs is 1. The van der Waals surface area contributed by atoms with Gasteiger partial charge in [-0.05, 0) is 27.4 Å². The Hall–Kier alpha value is -3.37. The van der Waals surface area contributed by atoms with Gasteiger partial charge in [0, 0.05) is 30.0 Å². The van der Waals surface area contributed by atoms with Crippen LogP contribution in [0.5, 0.6) is 0 Å². The minimum absolute atomic E-state index is 0.0892. The highest BCUT2D eigenvalue weighted by Gasteiger charge is 2.54. The summed E-state index contributed by atoms with van der Waals surface area (Å²) in [6.45, 7) is 3.75. The average molecular weight is 551 g/mol. The molecule has 2 aromatic heterocycles. The number of rotatable bonds is 10. The Morgan fingerprint density at radius 2 is 2.22 bits per heavy atom. The fourth-order valence-electron chi connectivity index (χ4n) is 3.59. The molecule has 3 atom stereocenters. The van der Waals surface area contributed by atoms with Crippen LogP contribution in [0.25, 0.3) is 0 Å². The first-order chi connectivity index (χ1) is 17.3. The highest BCUT2D eigenvalue weighted by molar-refractivity contribution is 8.01. The lowest BCUT2D eigenvalue weighted by molar-refractivity contribution is -0.150. The average Bonchev–Trinajstić information content (AvgIpc) is 3.54. The maximum Gasteiger partial charge on any atom is 0.352 e. The Morgan fingerprint density at radius 3 is 2.86 bits per heavy atom. The van der Waals surface area contributed by atoms with E-state index in [4.69, 9.17) is 0 Å². The van der Waals surface area contributed by atoms with Gasteiger partial charge in [0.1, 0.15) is 23.2 Å². The first-order valence-electron chi connectivity index (χ1n) is 10.6. The molecule has 2 aromatic rings. The van der Waals surface area contributed by atoms with E-state index in [1.54, 1.807) is 24.6 Å². The molecule has 16 heteroatoms. The van der Waals surface area contributed by atoms with Crippen molar-refractivity contribution in [1.82, 2.24) is 41.1 Å². The molecule has 1 fully saturated rings. The van der Waals surface area contributed by atoms with Gasteiger partial charge in [0.05, 0.1) is 0 Å². The molecule has 0 saturated carbocycles. The predicted octanol–water partition coefficient (Wildman–Crippen LogP) is 0.329. The van der Waals surface area contributed by atoms with E-state index in [0.717, 1.165) is 0 Å². The van der Waals surface area contributed by atoms with Crippen LogP contribution in [0.3, 0.4) is 0 Å². The molecular formula is C20H22N8O5S3. The summed E-state index contributed by atoms with van der Waals surface area (Å²) >= 11 is 3.91. The summed E-state index contributed by atoms with van der Waals surface area (Å²) in [5.41, 5.74) is 0.473. The molecule has 0 spiro atoms. The highest BCUT2D eigenvalue weighted by Crippen LogP contribution is 2.41. The van der Waals surface area contributed by atoms with E-state index >= 15 is 0 Å². The maximum atomic E-state index is 13.1. The summed E-state index contributed by atoms with van der Waals surface area (Å²) in [6.07, 6.45) is 1.51. The maximum absolute atomic E-state index is 13.1. The third-order valence-corrected chi connectivity index (χ3v) is 8.65. The molecule has 2 unspecified atom stereocenters. The second-order valence-electron chi connectivity index (χ2n) is 7.62. The molecule has 4 amide bonds. The number of hydrogen-bond donors (Lipinski definition) is 4. The molecule has 4 heterocycles. The molecule has 2 aliphatic rings. The van der Waals surface area contributed by atoms with E-state index in [-0.39, 0.29) is 12.2 Å². The van der Waals surface area contributed by atoms with Gasteiger partial charge >= 0.3 is 12.0 Å². The van der Waals surface area contributed by atoms with Crippen LogP contribution in [0, 0.1) is 0 Å². The molecule has 0 bridgehead atoms. The van der Waals surface area contributed by atoms with Gasteiger partial charge in [-0.3, -0.25) is 14.5 Å². The van der Waals surface area contributed by atoms with Gasteiger partial charge in [0.15, 0.2) is 0 Å². The van der Waals surface area contributed by atoms with E-state index < -0.39 is 41.3 Å². The number of urea groups is 1. The molecule has 4 N–H and O–H groups in total. The third-order valence-electron chi connectivity index (χ3n) is 5.28. The monoisotopic (exact) mass is 550 g/mol. The lowest BCUT2D eigenvalue weighted by Crippen LogP contribution is -2.71. The Bertz CT molecular complexity index is 1210. The fraction of sp³-hybridized carbons (Fsp3) is 0.350. The van der Waals surface area contributed by atoms with Crippen LogP contribution in [-0.4, -0.2) is 83.5 Å². The third kappa shape index (κ3) is 5.24. The lowest BCUT2D eigenvalue weighted by Gasteiger charge is -2.49. The van der Waals surface area contributed by atoms with Crippen LogP contribution in [-0.2, 0) is 21.4 Å². The van der Waals surface area contributed by atoms with Crippen molar-refractivity contribution < 1.29 is 24.3 Å². The molecule has 0 radical (unpaired) electrons. The van der Waals surface area contributed by atoms with Crippen molar-refractivity contribution in [2.24, 2.45) is 7.05 Å². The number of nitrogens with one attached hydrogen (secondary N) is 3. The summed E-state index contributed by atoms with van der Waals surface area (Å²) in [4.78, 5) is 52.2. The van der Waals surface area contributed by atoms with Gasteiger partial charge in [-0.15, -0.1) is 34.8 Å². The number of carbonyl (C=O) groups is 4. The van der Waals surface area contributed by atoms with Crippen molar-refractivity contribution in [3.63, 3.8) is 0 Å². The van der Waals surface area contributed by atoms with Crippen molar-refractivity contribution in [2.75, 3.05) is 18.1 Å². The standard InChI is InChI=1S/C20H22N8O5S3/c1-3-6-21-19(33)23-12(11-5-4-7-34-11)15(29)22-13-16(30)28-14(18(31)32)10(8-35-17(13)28)9-36-20-24-25-26-27(20)2/h3-5,7,12-13,17H,1,6,8-9H2,2H3,(H,22,29)(H,31,32)(H2,21,23,33)/t12?,13-,17?/m0/s1. The zero-order valence-corrected chi connectivity index (χ0v) is 21.4. The molecule has 0 aromatic carbocycles. The van der Waals surface area contributed by atoms with Gasteiger partial charge in [0.25, 0.3) is 5.91 Å². The summed E-state index contributed by atoms with van der Waals surface area (Å²) in [7, 11) is 1.67. The minimum Gasteiger partial charge on any atom is -0.477 e. The molecule has 2 aliphatic heterocycles. The number of carbonyl (C=O) groups excluding carboxylic acids is 3. The van der Waals surface area contributed by atoms with E-state index in [9.17, 15) is 24.3 Å². The SMILES string of the molecule is C=CCNC(=O)NC(C(=O)N[C@H]1C(=O)N2C(C(=O)O)=C(CSc3nnnn3C)CSC12)c1cccs1. The number of aliphatic carboxylic acids is 1. The smallest absolute Gasteiger partial charge is 0.352 e. The van der Waals surface area contributed by atoms with Gasteiger partial charge in [-0.1, -0.05) is 23.9 Å². The van der Waals surface area contributed by atoms with Crippen LogP contribution < -0.4 is 16.0 Å². The number of tetrazole rings is 1. The number of thioether (sulfide) groups is 2. The number of carboxylic acids is 1. The Kier molecular flexibility index (Phi) is 7.95. The van der Waals surface area contributed by atoms with Crippen LogP contribution >= 0.6 is 34.9 Å². The zero-order chi connectivity index (χ0) is 25.8. The number of β-lactam (4-membered cyclic amide) rings is 1. The largest absolute Gasteiger partial charge is 0.477 e. The minimum atomic E-state index is -1.22. The molecular weight excluding hydrogens is 528 g/mol. The summed E-state index contributed by atoms with van der Waals surface area (Å²) in [5.74, 6) is -1.66. The van der Waals surface area contributed by atoms with Gasteiger partial charge in [0.2, 0.25) is 11.1 Å². The number of thiophene rings is 1. The van der Waals surface area contributed by atoms with Crippen LogP contribution in [0.15, 0.2) is 46.6 Å². The number of aryl methyl sites for hydroxylation is 1. The van der Waals surface area contributed by atoms with E-state index in [1.807, 2.05) is 0 Å². The van der Waals surface area contributed by atoms with E-state index in [2.05, 4.69) is 38.1 Å². The Labute approximate surface area is 217 Å². The lowest BCUT2D eigenvalue weighted by atomic mass is 10.0. The number of nitrogens with zero attached hydrogens (tertiary/aromatic N) is 5. The molecule has 36 heavy (non-hydrogen) atoms. The second-order valence-corrected chi connectivity index (χ2v) is 10.6. The van der Waals surface area contributed by atoms with Crippen molar-refractivity contribution in [3.8, 4) is 0 Å². The van der Waals surface area contributed by atoms with E-state index in [0.29, 0.717) is 27.1 Å². The summed E-state index contributed by atoms with van der Waals surface area (Å²) in [6, 6.07) is 0.946. The van der Waals surface area contributed by atoms with Gasteiger partial charge < -0.3 is 21.1 Å².